The number of rotatable bonds is 6. The zero-order valence-electron chi connectivity index (χ0n) is 13.4. The van der Waals surface area contributed by atoms with E-state index in [1.165, 1.54) is 22.3 Å². The fourth-order valence-electron chi connectivity index (χ4n) is 2.50. The first-order valence-corrected chi connectivity index (χ1v) is 7.69. The average Bonchev–Trinajstić information content (AvgIpc) is 2.49. The summed E-state index contributed by atoms with van der Waals surface area (Å²) in [4.78, 5) is 0. The van der Waals surface area contributed by atoms with Crippen LogP contribution in [-0.4, -0.2) is 13.2 Å². The van der Waals surface area contributed by atoms with Gasteiger partial charge in [0.25, 0.3) is 0 Å². The summed E-state index contributed by atoms with van der Waals surface area (Å²) in [7, 11) is 0. The Hall–Kier alpha value is -1.80. The predicted octanol–water partition coefficient (Wildman–Crippen LogP) is 4.40. The van der Waals surface area contributed by atoms with Crippen LogP contribution in [0, 0.1) is 13.8 Å². The third-order valence-electron chi connectivity index (χ3n) is 3.80. The largest absolute Gasteiger partial charge is 0.494 e. The quantitative estimate of drug-likeness (QED) is 0.848. The molecule has 1 unspecified atom stereocenters. The zero-order valence-corrected chi connectivity index (χ0v) is 13.4. The van der Waals surface area contributed by atoms with Crippen LogP contribution in [0.15, 0.2) is 42.5 Å². The fraction of sp³-hybridized carbons (Fsp3) is 0.368. The van der Waals surface area contributed by atoms with Gasteiger partial charge in [-0.15, -0.1) is 0 Å². The van der Waals surface area contributed by atoms with E-state index < -0.39 is 0 Å². The maximum atomic E-state index is 5.52. The molecule has 2 nitrogen and oxygen atoms in total. The molecule has 2 rings (SSSR count). The maximum absolute atomic E-state index is 5.52. The molecule has 0 aromatic heterocycles. The van der Waals surface area contributed by atoms with Crippen LogP contribution < -0.4 is 10.1 Å². The second-order valence-corrected chi connectivity index (χ2v) is 5.34. The van der Waals surface area contributed by atoms with E-state index in [4.69, 9.17) is 4.74 Å². The van der Waals surface area contributed by atoms with Gasteiger partial charge in [-0.2, -0.15) is 0 Å². The smallest absolute Gasteiger partial charge is 0.119 e. The summed E-state index contributed by atoms with van der Waals surface area (Å²) in [5, 5.41) is 3.57. The maximum Gasteiger partial charge on any atom is 0.119 e. The Balaban J connectivity index is 2.31. The summed E-state index contributed by atoms with van der Waals surface area (Å²) in [6.45, 7) is 10.1. The van der Waals surface area contributed by atoms with Gasteiger partial charge in [0.05, 0.1) is 12.6 Å². The van der Waals surface area contributed by atoms with Crippen LogP contribution in [0.3, 0.4) is 0 Å². The van der Waals surface area contributed by atoms with Crippen LogP contribution in [0.5, 0.6) is 5.75 Å². The summed E-state index contributed by atoms with van der Waals surface area (Å²) >= 11 is 0. The molecule has 2 aromatic rings. The molecule has 0 saturated heterocycles. The lowest BCUT2D eigenvalue weighted by molar-refractivity contribution is 0.340. The summed E-state index contributed by atoms with van der Waals surface area (Å²) in [5.41, 5.74) is 5.25. The predicted molar refractivity (Wildman–Crippen MR) is 89.0 cm³/mol. The van der Waals surface area contributed by atoms with Gasteiger partial charge in [0.15, 0.2) is 0 Å². The Morgan fingerprint density at radius 3 is 2.14 bits per heavy atom. The Bertz CT molecular complexity index is 575. The van der Waals surface area contributed by atoms with Crippen molar-refractivity contribution in [2.45, 2.75) is 33.7 Å². The molecule has 1 atom stereocenters. The highest BCUT2D eigenvalue weighted by molar-refractivity contribution is 5.39. The van der Waals surface area contributed by atoms with Gasteiger partial charge in [0.1, 0.15) is 5.75 Å². The van der Waals surface area contributed by atoms with Gasteiger partial charge in [-0.3, -0.25) is 0 Å². The van der Waals surface area contributed by atoms with Crippen LogP contribution in [-0.2, 0) is 0 Å². The summed E-state index contributed by atoms with van der Waals surface area (Å²) in [6.07, 6.45) is 0. The highest BCUT2D eigenvalue weighted by atomic mass is 16.5. The molecule has 0 heterocycles. The van der Waals surface area contributed by atoms with Gasteiger partial charge in [-0.05, 0) is 61.7 Å². The van der Waals surface area contributed by atoms with Crippen LogP contribution in [0.1, 0.15) is 42.1 Å². The monoisotopic (exact) mass is 283 g/mol. The molecule has 0 spiro atoms. The highest BCUT2D eigenvalue weighted by Gasteiger charge is 2.13. The average molecular weight is 283 g/mol. The Labute approximate surface area is 128 Å². The van der Waals surface area contributed by atoms with Crippen molar-refractivity contribution in [3.05, 3.63) is 64.7 Å². The fourth-order valence-corrected chi connectivity index (χ4v) is 2.50. The van der Waals surface area contributed by atoms with Gasteiger partial charge in [-0.1, -0.05) is 37.3 Å². The molecule has 21 heavy (non-hydrogen) atoms. The number of nitrogens with one attached hydrogen (secondary N) is 1. The molecule has 1 N–H and O–H groups in total. The second kappa shape index (κ2) is 7.28. The molecule has 0 radical (unpaired) electrons. The lowest BCUT2D eigenvalue weighted by Gasteiger charge is -2.20. The molecule has 0 aliphatic rings. The zero-order chi connectivity index (χ0) is 15.2. The topological polar surface area (TPSA) is 21.3 Å². The molecule has 0 amide bonds. The first kappa shape index (κ1) is 15.6. The van der Waals surface area contributed by atoms with Crippen molar-refractivity contribution < 1.29 is 4.74 Å². The number of aryl methyl sites for hydroxylation is 2. The van der Waals surface area contributed by atoms with Crippen molar-refractivity contribution in [2.75, 3.05) is 13.2 Å². The molecule has 2 aromatic carbocycles. The van der Waals surface area contributed by atoms with Crippen molar-refractivity contribution in [1.82, 2.24) is 5.32 Å². The second-order valence-electron chi connectivity index (χ2n) is 5.34. The van der Waals surface area contributed by atoms with E-state index in [0.29, 0.717) is 6.61 Å². The van der Waals surface area contributed by atoms with E-state index >= 15 is 0 Å². The van der Waals surface area contributed by atoms with E-state index in [1.54, 1.807) is 0 Å². The third kappa shape index (κ3) is 3.85. The van der Waals surface area contributed by atoms with E-state index in [9.17, 15) is 0 Å². The normalized spacial score (nSPS) is 12.2. The lowest BCUT2D eigenvalue weighted by Crippen LogP contribution is -2.22. The van der Waals surface area contributed by atoms with Gasteiger partial charge < -0.3 is 10.1 Å². The molecular formula is C19H25NO. The molecule has 0 aliphatic carbocycles. The van der Waals surface area contributed by atoms with Crippen molar-refractivity contribution in [3.8, 4) is 5.75 Å². The van der Waals surface area contributed by atoms with Crippen molar-refractivity contribution in [3.63, 3.8) is 0 Å². The molecule has 0 aliphatic heterocycles. The Kier molecular flexibility index (Phi) is 5.40. The minimum absolute atomic E-state index is 0.227. The number of hydrogen-bond acceptors (Lipinski definition) is 2. The minimum atomic E-state index is 0.227. The van der Waals surface area contributed by atoms with Crippen molar-refractivity contribution >= 4 is 0 Å². The van der Waals surface area contributed by atoms with Crippen LogP contribution in [0.2, 0.25) is 0 Å². The number of benzene rings is 2. The van der Waals surface area contributed by atoms with Crippen molar-refractivity contribution in [2.24, 2.45) is 0 Å². The molecule has 0 fully saturated rings. The van der Waals surface area contributed by atoms with E-state index in [2.05, 4.69) is 56.4 Å². The van der Waals surface area contributed by atoms with Gasteiger partial charge in [0, 0.05) is 0 Å². The SMILES string of the molecule is CCNC(c1ccc(OCC)cc1)c1ccc(C)c(C)c1. The standard InChI is InChI=1S/C19H25NO/c1-5-20-19(17-8-7-14(3)15(4)13-17)16-9-11-18(12-10-16)21-6-2/h7-13,19-20H,5-6H2,1-4H3. The number of hydrogen-bond donors (Lipinski definition) is 1. The van der Waals surface area contributed by atoms with E-state index in [0.717, 1.165) is 12.3 Å². The highest BCUT2D eigenvalue weighted by Crippen LogP contribution is 2.25. The van der Waals surface area contributed by atoms with E-state index in [1.807, 2.05) is 19.1 Å². The first-order valence-electron chi connectivity index (χ1n) is 7.69. The molecule has 2 heteroatoms. The third-order valence-corrected chi connectivity index (χ3v) is 3.80. The molecule has 0 bridgehead atoms. The van der Waals surface area contributed by atoms with Crippen molar-refractivity contribution in [1.29, 1.82) is 0 Å². The lowest BCUT2D eigenvalue weighted by atomic mass is 9.95. The van der Waals surface area contributed by atoms with Gasteiger partial charge >= 0.3 is 0 Å². The first-order chi connectivity index (χ1) is 10.2. The number of ether oxygens (including phenoxy) is 1. The molecule has 112 valence electrons. The van der Waals surface area contributed by atoms with Gasteiger partial charge in [0.2, 0.25) is 0 Å². The van der Waals surface area contributed by atoms with Crippen LogP contribution in [0.25, 0.3) is 0 Å². The Morgan fingerprint density at radius 1 is 0.905 bits per heavy atom. The van der Waals surface area contributed by atoms with Crippen LogP contribution in [0.4, 0.5) is 0 Å². The molecular weight excluding hydrogens is 258 g/mol. The van der Waals surface area contributed by atoms with Gasteiger partial charge in [-0.25, -0.2) is 0 Å². The Morgan fingerprint density at radius 2 is 1.57 bits per heavy atom. The summed E-state index contributed by atoms with van der Waals surface area (Å²) in [5.74, 6) is 0.927. The summed E-state index contributed by atoms with van der Waals surface area (Å²) in [6, 6.07) is 15.3. The molecule has 0 saturated carbocycles. The van der Waals surface area contributed by atoms with E-state index in [-0.39, 0.29) is 6.04 Å². The minimum Gasteiger partial charge on any atom is -0.494 e. The van der Waals surface area contributed by atoms with Crippen LogP contribution >= 0.6 is 0 Å². The summed E-state index contributed by atoms with van der Waals surface area (Å²) < 4.78 is 5.52.